The molecule has 182 valence electrons. The van der Waals surface area contributed by atoms with E-state index in [0.29, 0.717) is 29.9 Å². The zero-order valence-electron chi connectivity index (χ0n) is 19.3. The van der Waals surface area contributed by atoms with Gasteiger partial charge in [0.15, 0.2) is 0 Å². The van der Waals surface area contributed by atoms with Crippen LogP contribution in [0.1, 0.15) is 61.6 Å². The van der Waals surface area contributed by atoms with Gasteiger partial charge in [0.05, 0.1) is 22.6 Å². The van der Waals surface area contributed by atoms with Crippen molar-refractivity contribution < 1.29 is 24.5 Å². The van der Waals surface area contributed by atoms with Crippen molar-refractivity contribution in [2.75, 3.05) is 5.32 Å². The van der Waals surface area contributed by atoms with Gasteiger partial charge in [0.1, 0.15) is 23.2 Å². The number of fused-ring (bicyclic) bond motifs is 1. The summed E-state index contributed by atoms with van der Waals surface area (Å²) < 4.78 is 15.1. The lowest BCUT2D eigenvalue weighted by molar-refractivity contribution is -0.0181. The van der Waals surface area contributed by atoms with Crippen molar-refractivity contribution in [2.45, 2.75) is 62.8 Å². The van der Waals surface area contributed by atoms with E-state index in [1.807, 2.05) is 0 Å². The largest absolute Gasteiger partial charge is 0.387 e. The zero-order valence-corrected chi connectivity index (χ0v) is 20.1. The fraction of sp³-hybridized carbons (Fsp3) is 0.520. The quantitative estimate of drug-likeness (QED) is 0.493. The molecule has 0 spiro atoms. The number of rotatable bonds is 4. The highest BCUT2D eigenvalue weighted by atomic mass is 35.5. The number of anilines is 1. The predicted molar refractivity (Wildman–Crippen MR) is 126 cm³/mol. The SMILES string of the molecule is Cn1cnc(C2CC3CC(O)(C#CC(O)C(C)(C)O)CC3C2)c1C(=O)Nc1ccc(F)c(Cl)c1. The second kappa shape index (κ2) is 8.97. The van der Waals surface area contributed by atoms with E-state index < -0.39 is 23.1 Å². The van der Waals surface area contributed by atoms with Crippen LogP contribution < -0.4 is 5.32 Å². The molecule has 1 heterocycles. The maximum Gasteiger partial charge on any atom is 0.274 e. The highest BCUT2D eigenvalue weighted by molar-refractivity contribution is 6.31. The molecule has 34 heavy (non-hydrogen) atoms. The number of amides is 1. The van der Waals surface area contributed by atoms with Gasteiger partial charge in [-0.2, -0.15) is 0 Å². The van der Waals surface area contributed by atoms with Gasteiger partial charge in [-0.15, -0.1) is 0 Å². The Kier molecular flexibility index (Phi) is 6.51. The van der Waals surface area contributed by atoms with Gasteiger partial charge in [-0.05, 0) is 69.6 Å². The summed E-state index contributed by atoms with van der Waals surface area (Å²) in [7, 11) is 1.75. The molecule has 7 nitrogen and oxygen atoms in total. The molecule has 0 aliphatic heterocycles. The van der Waals surface area contributed by atoms with Crippen molar-refractivity contribution in [3.63, 3.8) is 0 Å². The molecule has 4 rings (SSSR count). The molecule has 2 aliphatic carbocycles. The van der Waals surface area contributed by atoms with Crippen LogP contribution in [0.3, 0.4) is 0 Å². The summed E-state index contributed by atoms with van der Waals surface area (Å²) in [6.45, 7) is 2.94. The molecule has 1 amide bonds. The van der Waals surface area contributed by atoms with Gasteiger partial charge >= 0.3 is 0 Å². The standard InChI is InChI=1S/C25H29ClFN3O4/c1-24(2,33)20(31)6-7-25(34)11-15-8-14(9-16(15)12-25)21-22(30(3)13-28-21)23(32)29-17-4-5-19(27)18(26)10-17/h4-5,10,13-16,20,31,33-34H,8-9,11-12H2,1-3H3,(H,29,32). The van der Waals surface area contributed by atoms with Crippen LogP contribution in [0.25, 0.3) is 0 Å². The molecule has 2 aliphatic rings. The minimum absolute atomic E-state index is 0.0632. The number of hydrogen-bond donors (Lipinski definition) is 4. The van der Waals surface area contributed by atoms with E-state index in [4.69, 9.17) is 11.6 Å². The van der Waals surface area contributed by atoms with Crippen LogP contribution in [0.5, 0.6) is 0 Å². The Hall–Kier alpha value is -2.44. The van der Waals surface area contributed by atoms with E-state index in [1.165, 1.54) is 32.0 Å². The van der Waals surface area contributed by atoms with Gasteiger partial charge in [-0.3, -0.25) is 4.79 Å². The molecule has 2 fully saturated rings. The lowest BCUT2D eigenvalue weighted by Gasteiger charge is -2.22. The predicted octanol–water partition coefficient (Wildman–Crippen LogP) is 3.23. The molecule has 4 N–H and O–H groups in total. The summed E-state index contributed by atoms with van der Waals surface area (Å²) in [6.07, 6.45) is 2.85. The molecule has 1 aromatic heterocycles. The zero-order chi connectivity index (χ0) is 24.8. The molecular weight excluding hydrogens is 461 g/mol. The van der Waals surface area contributed by atoms with Crippen LogP contribution in [-0.4, -0.2) is 48.1 Å². The number of benzene rings is 1. The molecule has 0 saturated heterocycles. The molecule has 0 radical (unpaired) electrons. The first-order valence-corrected chi connectivity index (χ1v) is 11.7. The lowest BCUT2D eigenvalue weighted by atomic mass is 9.92. The van der Waals surface area contributed by atoms with Crippen molar-refractivity contribution in [1.82, 2.24) is 9.55 Å². The Morgan fingerprint density at radius 2 is 2.00 bits per heavy atom. The number of aromatic nitrogens is 2. The van der Waals surface area contributed by atoms with E-state index in [0.717, 1.165) is 12.8 Å². The number of halogens is 2. The van der Waals surface area contributed by atoms with E-state index in [1.54, 1.807) is 17.9 Å². The van der Waals surface area contributed by atoms with Crippen molar-refractivity contribution in [3.05, 3.63) is 46.8 Å². The molecular formula is C25H29ClFN3O4. The number of nitrogens with one attached hydrogen (secondary N) is 1. The van der Waals surface area contributed by atoms with Crippen LogP contribution in [0, 0.1) is 29.5 Å². The minimum atomic E-state index is -1.36. The third kappa shape index (κ3) is 4.98. The van der Waals surface area contributed by atoms with Crippen molar-refractivity contribution in [3.8, 4) is 11.8 Å². The summed E-state index contributed by atoms with van der Waals surface area (Å²) in [5.41, 5.74) is -1.02. The Morgan fingerprint density at radius 1 is 1.35 bits per heavy atom. The van der Waals surface area contributed by atoms with Crippen molar-refractivity contribution in [2.24, 2.45) is 18.9 Å². The average Bonchev–Trinajstić information content (AvgIpc) is 3.39. The van der Waals surface area contributed by atoms with E-state index in [2.05, 4.69) is 22.1 Å². The smallest absolute Gasteiger partial charge is 0.274 e. The van der Waals surface area contributed by atoms with Gasteiger partial charge < -0.3 is 25.2 Å². The van der Waals surface area contributed by atoms with E-state index >= 15 is 0 Å². The fourth-order valence-electron chi connectivity index (χ4n) is 5.16. The number of hydrogen-bond acceptors (Lipinski definition) is 5. The van der Waals surface area contributed by atoms with E-state index in [-0.39, 0.29) is 28.7 Å². The van der Waals surface area contributed by atoms with Crippen LogP contribution in [0.4, 0.5) is 10.1 Å². The number of nitrogens with zero attached hydrogens (tertiary/aromatic N) is 2. The topological polar surface area (TPSA) is 108 Å². The van der Waals surface area contributed by atoms with Crippen LogP contribution in [-0.2, 0) is 7.05 Å². The molecule has 1 aromatic carbocycles. The maximum absolute atomic E-state index is 13.4. The number of aryl methyl sites for hydroxylation is 1. The van der Waals surface area contributed by atoms with Crippen molar-refractivity contribution >= 4 is 23.2 Å². The van der Waals surface area contributed by atoms with E-state index in [9.17, 15) is 24.5 Å². The molecule has 3 unspecified atom stereocenters. The van der Waals surface area contributed by atoms with Crippen LogP contribution in [0.15, 0.2) is 24.5 Å². The van der Waals surface area contributed by atoms with Gasteiger partial charge in [0.25, 0.3) is 5.91 Å². The molecule has 0 bridgehead atoms. The first-order chi connectivity index (χ1) is 15.9. The first-order valence-electron chi connectivity index (χ1n) is 11.3. The number of imidazole rings is 1. The van der Waals surface area contributed by atoms with Crippen LogP contribution in [0.2, 0.25) is 5.02 Å². The molecule has 9 heteroatoms. The Morgan fingerprint density at radius 3 is 2.59 bits per heavy atom. The van der Waals surface area contributed by atoms with Gasteiger partial charge in [-0.25, -0.2) is 9.37 Å². The van der Waals surface area contributed by atoms with Crippen molar-refractivity contribution in [1.29, 1.82) is 0 Å². The fourth-order valence-corrected chi connectivity index (χ4v) is 5.34. The summed E-state index contributed by atoms with van der Waals surface area (Å²) in [4.78, 5) is 17.5. The first kappa shape index (κ1) is 24.7. The summed E-state index contributed by atoms with van der Waals surface area (Å²) in [5.74, 6) is 4.99. The van der Waals surface area contributed by atoms with Gasteiger partial charge in [0.2, 0.25) is 0 Å². The Bertz CT molecular complexity index is 1150. The Balaban J connectivity index is 1.46. The normalized spacial score (nSPS) is 27.1. The second-order valence-electron chi connectivity index (χ2n) is 10.1. The second-order valence-corrected chi connectivity index (χ2v) is 10.5. The maximum atomic E-state index is 13.4. The van der Waals surface area contributed by atoms with Crippen LogP contribution >= 0.6 is 11.6 Å². The highest BCUT2D eigenvalue weighted by Crippen LogP contribution is 2.53. The number of aliphatic hydroxyl groups excluding tert-OH is 1. The number of carbonyl (C=O) groups excluding carboxylic acids is 1. The monoisotopic (exact) mass is 489 g/mol. The molecule has 2 saturated carbocycles. The molecule has 2 aromatic rings. The number of aliphatic hydroxyl groups is 3. The lowest BCUT2D eigenvalue weighted by Crippen LogP contribution is -2.35. The summed E-state index contributed by atoms with van der Waals surface area (Å²) in [6, 6.07) is 4.01. The Labute approximate surface area is 203 Å². The third-order valence-corrected chi connectivity index (χ3v) is 7.19. The molecule has 3 atom stereocenters. The highest BCUT2D eigenvalue weighted by Gasteiger charge is 2.49. The summed E-state index contributed by atoms with van der Waals surface area (Å²) >= 11 is 5.83. The summed E-state index contributed by atoms with van der Waals surface area (Å²) in [5, 5.41) is 33.5. The van der Waals surface area contributed by atoms with Gasteiger partial charge in [0, 0.05) is 18.7 Å². The average molecular weight is 490 g/mol. The van der Waals surface area contributed by atoms with Gasteiger partial charge in [-0.1, -0.05) is 23.4 Å². The third-order valence-electron chi connectivity index (χ3n) is 6.90. The minimum Gasteiger partial charge on any atom is -0.387 e. The number of carbonyl (C=O) groups is 1.